The van der Waals surface area contributed by atoms with Crippen LogP contribution in [-0.4, -0.2) is 28.5 Å². The molecule has 0 amide bonds. The molecule has 7 nitrogen and oxygen atoms in total. The maximum Gasteiger partial charge on any atom is 0.200 e. The fourth-order valence-corrected chi connectivity index (χ4v) is 3.74. The molecule has 2 N–H and O–H groups in total. The summed E-state index contributed by atoms with van der Waals surface area (Å²) in [6.07, 6.45) is 1.59. The van der Waals surface area contributed by atoms with E-state index in [1.54, 1.807) is 42.6 Å². The Morgan fingerprint density at radius 2 is 1.81 bits per heavy atom. The molecule has 0 radical (unpaired) electrons. The maximum absolute atomic E-state index is 13.3. The fraction of sp³-hybridized carbons (Fsp3) is 0.125. The van der Waals surface area contributed by atoms with Crippen molar-refractivity contribution in [1.82, 2.24) is 9.55 Å². The van der Waals surface area contributed by atoms with Gasteiger partial charge in [-0.05, 0) is 42.5 Å². The number of hydrogen-bond acceptors (Lipinski definition) is 6. The molecule has 7 heteroatoms. The quantitative estimate of drug-likeness (QED) is 0.517. The van der Waals surface area contributed by atoms with Gasteiger partial charge in [-0.2, -0.15) is 0 Å². The van der Waals surface area contributed by atoms with Gasteiger partial charge in [-0.25, -0.2) is 4.98 Å². The minimum Gasteiger partial charge on any atom is -0.486 e. The van der Waals surface area contributed by atoms with E-state index < -0.39 is 0 Å². The van der Waals surface area contributed by atoms with Gasteiger partial charge >= 0.3 is 0 Å². The summed E-state index contributed by atoms with van der Waals surface area (Å²) in [4.78, 5) is 30.8. The van der Waals surface area contributed by atoms with Gasteiger partial charge in [0.2, 0.25) is 5.43 Å². The number of nitrogens with two attached hydrogens (primary N) is 1. The number of nitrogen functional groups attached to an aromatic ring is 1. The number of fused-ring (bicyclic) bond motifs is 2. The van der Waals surface area contributed by atoms with E-state index in [1.807, 2.05) is 28.8 Å². The van der Waals surface area contributed by atoms with E-state index in [0.717, 1.165) is 11.2 Å². The lowest BCUT2D eigenvalue weighted by molar-refractivity contribution is 0.103. The summed E-state index contributed by atoms with van der Waals surface area (Å²) in [5.41, 5.74) is 7.39. The van der Waals surface area contributed by atoms with Gasteiger partial charge in [-0.15, -0.1) is 0 Å². The zero-order valence-corrected chi connectivity index (χ0v) is 16.6. The third kappa shape index (κ3) is 3.50. The van der Waals surface area contributed by atoms with Crippen LogP contribution < -0.4 is 20.6 Å². The molecule has 0 bridgehead atoms. The molecule has 2 aromatic carbocycles. The summed E-state index contributed by atoms with van der Waals surface area (Å²) in [7, 11) is 0. The predicted octanol–water partition coefficient (Wildman–Crippen LogP) is 3.03. The molecule has 31 heavy (non-hydrogen) atoms. The monoisotopic (exact) mass is 413 g/mol. The first-order chi connectivity index (χ1) is 15.1. The Balaban J connectivity index is 1.62. The van der Waals surface area contributed by atoms with Gasteiger partial charge in [0.05, 0.1) is 23.3 Å². The van der Waals surface area contributed by atoms with Crippen LogP contribution in [0.2, 0.25) is 0 Å². The van der Waals surface area contributed by atoms with Crippen molar-refractivity contribution >= 4 is 22.5 Å². The van der Waals surface area contributed by atoms with E-state index in [1.165, 1.54) is 0 Å². The molecule has 0 spiro atoms. The number of hydrogen-bond donors (Lipinski definition) is 1. The molecule has 3 heterocycles. The summed E-state index contributed by atoms with van der Waals surface area (Å²) < 4.78 is 13.0. The number of anilines is 1. The average Bonchev–Trinajstić information content (AvgIpc) is 2.80. The van der Waals surface area contributed by atoms with Gasteiger partial charge < -0.3 is 19.8 Å². The highest BCUT2D eigenvalue weighted by Gasteiger charge is 2.20. The highest BCUT2D eigenvalue weighted by molar-refractivity contribution is 6.10. The van der Waals surface area contributed by atoms with Crippen LogP contribution in [0.15, 0.2) is 71.7 Å². The normalized spacial score (nSPS) is 12.6. The summed E-state index contributed by atoms with van der Waals surface area (Å²) in [6.45, 7) is 1.25. The fourth-order valence-electron chi connectivity index (χ4n) is 3.74. The predicted molar refractivity (Wildman–Crippen MR) is 117 cm³/mol. The van der Waals surface area contributed by atoms with Gasteiger partial charge in [-0.1, -0.05) is 18.2 Å². The van der Waals surface area contributed by atoms with Gasteiger partial charge in [0, 0.05) is 17.1 Å². The first-order valence-electron chi connectivity index (χ1n) is 9.88. The average molecular weight is 413 g/mol. The second-order valence-corrected chi connectivity index (χ2v) is 7.26. The second-order valence-electron chi connectivity index (χ2n) is 7.26. The van der Waals surface area contributed by atoms with E-state index in [0.29, 0.717) is 48.0 Å². The van der Waals surface area contributed by atoms with Crippen LogP contribution in [0.3, 0.4) is 0 Å². The van der Waals surface area contributed by atoms with Crippen molar-refractivity contribution in [1.29, 1.82) is 0 Å². The first kappa shape index (κ1) is 18.9. The lowest BCUT2D eigenvalue weighted by atomic mass is 10.0. The number of para-hydroxylation sites is 1. The molecule has 0 saturated carbocycles. The lowest BCUT2D eigenvalue weighted by Crippen LogP contribution is -2.21. The minimum atomic E-state index is -0.373. The Labute approximate surface area is 177 Å². The molecule has 154 valence electrons. The number of pyridine rings is 2. The number of carbonyl (C=O) groups excluding carboxylic acids is 1. The summed E-state index contributed by atoms with van der Waals surface area (Å²) >= 11 is 0. The number of aromatic nitrogens is 2. The molecule has 0 saturated heterocycles. The van der Waals surface area contributed by atoms with Crippen molar-refractivity contribution in [2.75, 3.05) is 18.9 Å². The molecular formula is C24H19N3O4. The van der Waals surface area contributed by atoms with Gasteiger partial charge in [0.1, 0.15) is 19.0 Å². The van der Waals surface area contributed by atoms with Gasteiger partial charge in [0.25, 0.3) is 0 Å². The van der Waals surface area contributed by atoms with Crippen LogP contribution in [0.1, 0.15) is 21.6 Å². The third-order valence-electron chi connectivity index (χ3n) is 5.20. The number of carbonyl (C=O) groups is 1. The number of ketones is 1. The molecule has 0 atom stereocenters. The van der Waals surface area contributed by atoms with E-state index in [2.05, 4.69) is 4.98 Å². The SMILES string of the molecule is Nc1cccc(Cn2cc(C(=O)c3ccc4c(c3)OCCO4)c(=O)c3ccccc32)n1. The molecule has 0 aliphatic carbocycles. The number of ether oxygens (including phenoxy) is 2. The van der Waals surface area contributed by atoms with Crippen LogP contribution in [0.4, 0.5) is 5.82 Å². The van der Waals surface area contributed by atoms with Crippen molar-refractivity contribution in [3.05, 3.63) is 93.9 Å². The Kier molecular flexibility index (Phi) is 4.63. The Bertz CT molecular complexity index is 1380. The first-order valence-corrected chi connectivity index (χ1v) is 9.88. The van der Waals surface area contributed by atoms with Crippen LogP contribution in [0, 0.1) is 0 Å². The Morgan fingerprint density at radius 1 is 1.00 bits per heavy atom. The lowest BCUT2D eigenvalue weighted by Gasteiger charge is -2.18. The van der Waals surface area contributed by atoms with Crippen LogP contribution >= 0.6 is 0 Å². The molecule has 4 aromatic rings. The number of nitrogens with zero attached hydrogens (tertiary/aromatic N) is 2. The van der Waals surface area contributed by atoms with Crippen molar-refractivity contribution in [3.63, 3.8) is 0 Å². The smallest absolute Gasteiger partial charge is 0.200 e. The van der Waals surface area contributed by atoms with Crippen molar-refractivity contribution in [2.45, 2.75) is 6.54 Å². The third-order valence-corrected chi connectivity index (χ3v) is 5.20. The summed E-state index contributed by atoms with van der Waals surface area (Å²) in [5, 5.41) is 0.467. The summed E-state index contributed by atoms with van der Waals surface area (Å²) in [6, 6.07) is 17.6. The van der Waals surface area contributed by atoms with Crippen molar-refractivity contribution in [3.8, 4) is 11.5 Å². The molecule has 1 aliphatic heterocycles. The summed E-state index contributed by atoms with van der Waals surface area (Å²) in [5.74, 6) is 1.13. The van der Waals surface area contributed by atoms with Crippen molar-refractivity contribution < 1.29 is 14.3 Å². The van der Waals surface area contributed by atoms with Gasteiger partial charge in [0.15, 0.2) is 17.3 Å². The van der Waals surface area contributed by atoms with Crippen LogP contribution in [0.5, 0.6) is 11.5 Å². The maximum atomic E-state index is 13.3. The minimum absolute atomic E-state index is 0.0827. The molecule has 5 rings (SSSR count). The molecular weight excluding hydrogens is 394 g/mol. The molecule has 0 fully saturated rings. The standard InChI is InChI=1S/C24H19N3O4/c25-22-7-3-4-16(26-22)13-27-14-18(24(29)17-5-1-2-6-19(17)27)23(28)15-8-9-20-21(12-15)31-11-10-30-20/h1-9,12,14H,10-11,13H2,(H2,25,26). The number of rotatable bonds is 4. The highest BCUT2D eigenvalue weighted by Crippen LogP contribution is 2.31. The van der Waals surface area contributed by atoms with Crippen molar-refractivity contribution in [2.24, 2.45) is 0 Å². The van der Waals surface area contributed by atoms with E-state index >= 15 is 0 Å². The Hall–Kier alpha value is -4.13. The topological polar surface area (TPSA) is 96.4 Å². The Morgan fingerprint density at radius 3 is 2.65 bits per heavy atom. The van der Waals surface area contributed by atoms with E-state index in [-0.39, 0.29) is 16.8 Å². The highest BCUT2D eigenvalue weighted by atomic mass is 16.6. The zero-order valence-electron chi connectivity index (χ0n) is 16.6. The van der Waals surface area contributed by atoms with E-state index in [9.17, 15) is 9.59 Å². The van der Waals surface area contributed by atoms with Crippen LogP contribution in [0.25, 0.3) is 10.9 Å². The molecule has 2 aromatic heterocycles. The molecule has 1 aliphatic rings. The van der Waals surface area contributed by atoms with Crippen LogP contribution in [-0.2, 0) is 6.54 Å². The molecule has 0 unspecified atom stereocenters. The van der Waals surface area contributed by atoms with Gasteiger partial charge in [-0.3, -0.25) is 9.59 Å². The number of benzene rings is 2. The zero-order chi connectivity index (χ0) is 21.4. The largest absolute Gasteiger partial charge is 0.486 e. The van der Waals surface area contributed by atoms with E-state index in [4.69, 9.17) is 15.2 Å². The second kappa shape index (κ2) is 7.60.